The molecular formula is C19H18F3N5O. The lowest BCUT2D eigenvalue weighted by Gasteiger charge is -2.16. The van der Waals surface area contributed by atoms with Gasteiger partial charge in [0.25, 0.3) is 5.91 Å². The van der Waals surface area contributed by atoms with Crippen molar-refractivity contribution in [3.8, 4) is 5.69 Å². The fourth-order valence-electron chi connectivity index (χ4n) is 2.37. The van der Waals surface area contributed by atoms with E-state index in [2.05, 4.69) is 20.4 Å². The predicted octanol–water partition coefficient (Wildman–Crippen LogP) is 4.23. The van der Waals surface area contributed by atoms with Gasteiger partial charge in [-0.05, 0) is 30.3 Å². The smallest absolute Gasteiger partial charge is 0.319 e. The zero-order chi connectivity index (χ0) is 20.5. The van der Waals surface area contributed by atoms with Crippen molar-refractivity contribution in [3.05, 3.63) is 66.0 Å². The first-order valence-electron chi connectivity index (χ1n) is 8.41. The third-order valence-corrected chi connectivity index (χ3v) is 3.85. The Hall–Kier alpha value is -3.23. The van der Waals surface area contributed by atoms with E-state index in [0.29, 0.717) is 22.8 Å². The van der Waals surface area contributed by atoms with E-state index in [4.69, 9.17) is 0 Å². The second kappa shape index (κ2) is 7.06. The maximum absolute atomic E-state index is 12.6. The minimum atomic E-state index is -4.50. The number of nitrogens with one attached hydrogen (secondary N) is 1. The standard InChI is InChI=1S/C19H18F3N5O/c1-18(2,3)17-23-10-13(11-24-17)25-16(28)12-4-6-14(7-5-12)27-9-8-15(26-27)19(20,21)22/h4-11H,1-3H3,(H,25,28). The van der Waals surface area contributed by atoms with E-state index in [1.54, 1.807) is 0 Å². The molecule has 146 valence electrons. The third-order valence-electron chi connectivity index (χ3n) is 3.85. The summed E-state index contributed by atoms with van der Waals surface area (Å²) in [4.78, 5) is 20.8. The maximum atomic E-state index is 12.6. The Labute approximate surface area is 159 Å². The molecule has 2 heterocycles. The lowest BCUT2D eigenvalue weighted by Crippen LogP contribution is -2.17. The summed E-state index contributed by atoms with van der Waals surface area (Å²) in [5.41, 5.74) is 0.0189. The highest BCUT2D eigenvalue weighted by molar-refractivity contribution is 6.04. The summed E-state index contributed by atoms with van der Waals surface area (Å²) in [6, 6.07) is 6.93. The molecule has 0 atom stereocenters. The Bertz CT molecular complexity index is 971. The highest BCUT2D eigenvalue weighted by Crippen LogP contribution is 2.28. The lowest BCUT2D eigenvalue weighted by molar-refractivity contribution is -0.141. The molecule has 0 saturated heterocycles. The minimum absolute atomic E-state index is 0.198. The second-order valence-corrected chi connectivity index (χ2v) is 7.19. The zero-order valence-corrected chi connectivity index (χ0v) is 15.4. The van der Waals surface area contributed by atoms with Gasteiger partial charge in [0, 0.05) is 17.2 Å². The van der Waals surface area contributed by atoms with Crippen LogP contribution in [0.15, 0.2) is 48.9 Å². The van der Waals surface area contributed by atoms with Crippen LogP contribution in [0.1, 0.15) is 42.6 Å². The molecule has 9 heteroatoms. The van der Waals surface area contributed by atoms with Crippen LogP contribution in [0.3, 0.4) is 0 Å². The Morgan fingerprint density at radius 3 is 2.11 bits per heavy atom. The van der Waals surface area contributed by atoms with Crippen molar-refractivity contribution in [2.24, 2.45) is 0 Å². The largest absolute Gasteiger partial charge is 0.435 e. The van der Waals surface area contributed by atoms with Gasteiger partial charge >= 0.3 is 6.18 Å². The summed E-state index contributed by atoms with van der Waals surface area (Å²) >= 11 is 0. The first-order chi connectivity index (χ1) is 13.0. The van der Waals surface area contributed by atoms with Crippen LogP contribution < -0.4 is 5.32 Å². The van der Waals surface area contributed by atoms with Crippen LogP contribution in [0.5, 0.6) is 0 Å². The summed E-state index contributed by atoms with van der Waals surface area (Å²) in [7, 11) is 0. The van der Waals surface area contributed by atoms with Crippen LogP contribution in [0, 0.1) is 0 Å². The average molecular weight is 389 g/mol. The van der Waals surface area contributed by atoms with Crippen LogP contribution in [0.4, 0.5) is 18.9 Å². The predicted molar refractivity (Wildman–Crippen MR) is 97.3 cm³/mol. The number of hydrogen-bond donors (Lipinski definition) is 1. The molecule has 1 N–H and O–H groups in total. The van der Waals surface area contributed by atoms with Gasteiger partial charge in [0.2, 0.25) is 0 Å². The molecule has 0 unspecified atom stereocenters. The van der Waals surface area contributed by atoms with E-state index in [9.17, 15) is 18.0 Å². The number of carbonyl (C=O) groups excluding carboxylic acids is 1. The number of halogens is 3. The molecule has 1 amide bonds. The summed E-state index contributed by atoms with van der Waals surface area (Å²) in [5.74, 6) is 0.280. The SMILES string of the molecule is CC(C)(C)c1ncc(NC(=O)c2ccc(-n3ccc(C(F)(F)F)n3)cc2)cn1. The Balaban J connectivity index is 1.71. The lowest BCUT2D eigenvalue weighted by atomic mass is 9.96. The Kier molecular flexibility index (Phi) is 4.93. The van der Waals surface area contributed by atoms with Crippen LogP contribution in [0.25, 0.3) is 5.69 Å². The van der Waals surface area contributed by atoms with Gasteiger partial charge in [-0.3, -0.25) is 4.79 Å². The molecule has 0 bridgehead atoms. The van der Waals surface area contributed by atoms with Crippen LogP contribution in [-0.2, 0) is 11.6 Å². The van der Waals surface area contributed by atoms with Gasteiger partial charge in [-0.25, -0.2) is 14.6 Å². The minimum Gasteiger partial charge on any atom is -0.319 e. The van der Waals surface area contributed by atoms with Gasteiger partial charge in [0.1, 0.15) is 5.82 Å². The molecule has 3 rings (SSSR count). The van der Waals surface area contributed by atoms with Gasteiger partial charge in [-0.15, -0.1) is 0 Å². The normalized spacial score (nSPS) is 12.1. The monoisotopic (exact) mass is 389 g/mol. The van der Waals surface area contributed by atoms with E-state index >= 15 is 0 Å². The highest BCUT2D eigenvalue weighted by atomic mass is 19.4. The van der Waals surface area contributed by atoms with E-state index in [-0.39, 0.29) is 11.3 Å². The number of amides is 1. The van der Waals surface area contributed by atoms with Crippen molar-refractivity contribution in [1.29, 1.82) is 0 Å². The number of alkyl halides is 3. The third kappa shape index (κ3) is 4.36. The summed E-state index contributed by atoms with van der Waals surface area (Å²) < 4.78 is 39.0. The highest BCUT2D eigenvalue weighted by Gasteiger charge is 2.33. The van der Waals surface area contributed by atoms with Crippen molar-refractivity contribution in [1.82, 2.24) is 19.7 Å². The number of carbonyl (C=O) groups is 1. The summed E-state index contributed by atoms with van der Waals surface area (Å²) in [6.45, 7) is 5.96. The topological polar surface area (TPSA) is 72.7 Å². The molecule has 0 spiro atoms. The number of aromatic nitrogens is 4. The molecule has 2 aromatic heterocycles. The number of benzene rings is 1. The number of nitrogens with zero attached hydrogens (tertiary/aromatic N) is 4. The van der Waals surface area contributed by atoms with E-state index in [1.165, 1.54) is 42.9 Å². The molecule has 0 aliphatic heterocycles. The number of hydrogen-bond acceptors (Lipinski definition) is 4. The number of rotatable bonds is 3. The van der Waals surface area contributed by atoms with Gasteiger partial charge in [-0.2, -0.15) is 18.3 Å². The molecular weight excluding hydrogens is 371 g/mol. The van der Waals surface area contributed by atoms with E-state index in [0.717, 1.165) is 10.7 Å². The Morgan fingerprint density at radius 2 is 1.61 bits per heavy atom. The average Bonchev–Trinajstić information content (AvgIpc) is 3.12. The van der Waals surface area contributed by atoms with Crippen LogP contribution >= 0.6 is 0 Å². The molecule has 0 fully saturated rings. The van der Waals surface area contributed by atoms with Crippen molar-refractivity contribution in [2.45, 2.75) is 32.4 Å². The quantitative estimate of drug-likeness (QED) is 0.728. The molecule has 0 aliphatic rings. The van der Waals surface area contributed by atoms with Gasteiger partial charge < -0.3 is 5.32 Å². The maximum Gasteiger partial charge on any atom is 0.435 e. The second-order valence-electron chi connectivity index (χ2n) is 7.19. The van der Waals surface area contributed by atoms with Crippen LogP contribution in [-0.4, -0.2) is 25.7 Å². The molecule has 6 nitrogen and oxygen atoms in total. The fraction of sp³-hybridized carbons (Fsp3) is 0.263. The van der Waals surface area contributed by atoms with E-state index in [1.807, 2.05) is 20.8 Å². The van der Waals surface area contributed by atoms with Crippen molar-refractivity contribution < 1.29 is 18.0 Å². The fourth-order valence-corrected chi connectivity index (χ4v) is 2.37. The van der Waals surface area contributed by atoms with Crippen LogP contribution in [0.2, 0.25) is 0 Å². The molecule has 0 aliphatic carbocycles. The first kappa shape index (κ1) is 19.5. The van der Waals surface area contributed by atoms with Gasteiger partial charge in [0.15, 0.2) is 5.69 Å². The van der Waals surface area contributed by atoms with Crippen molar-refractivity contribution in [3.63, 3.8) is 0 Å². The molecule has 1 aromatic carbocycles. The van der Waals surface area contributed by atoms with Crippen molar-refractivity contribution in [2.75, 3.05) is 5.32 Å². The van der Waals surface area contributed by atoms with Gasteiger partial charge in [-0.1, -0.05) is 20.8 Å². The number of anilines is 1. The van der Waals surface area contributed by atoms with E-state index < -0.39 is 11.9 Å². The first-order valence-corrected chi connectivity index (χ1v) is 8.41. The van der Waals surface area contributed by atoms with Crippen molar-refractivity contribution >= 4 is 11.6 Å². The summed E-state index contributed by atoms with van der Waals surface area (Å²) in [6.07, 6.45) is -0.230. The Morgan fingerprint density at radius 1 is 1.00 bits per heavy atom. The molecule has 0 radical (unpaired) electrons. The molecule has 3 aromatic rings. The summed E-state index contributed by atoms with van der Waals surface area (Å²) in [5, 5.41) is 6.18. The zero-order valence-electron chi connectivity index (χ0n) is 15.4. The molecule has 0 saturated carbocycles. The van der Waals surface area contributed by atoms with Gasteiger partial charge in [0.05, 0.1) is 23.8 Å². The molecule has 28 heavy (non-hydrogen) atoms.